The quantitative estimate of drug-likeness (QED) is 0.799. The predicted octanol–water partition coefficient (Wildman–Crippen LogP) is 2.95. The topological polar surface area (TPSA) is 55.1 Å². The van der Waals surface area contributed by atoms with Crippen molar-refractivity contribution in [1.82, 2.24) is 4.98 Å². The average molecular weight is 325 g/mol. The second-order valence-corrected chi connectivity index (χ2v) is 3.67. The highest BCUT2D eigenvalue weighted by atomic mass is 79.9. The molecular weight excluding hydrogens is 317 g/mol. The van der Waals surface area contributed by atoms with Gasteiger partial charge in [0, 0.05) is 17.0 Å². The fourth-order valence-electron chi connectivity index (χ4n) is 1.26. The van der Waals surface area contributed by atoms with Gasteiger partial charge in [-0.05, 0) is 0 Å². The van der Waals surface area contributed by atoms with Gasteiger partial charge in [0.05, 0.1) is 25.3 Å². The van der Waals surface area contributed by atoms with Crippen LogP contribution in [0.1, 0.15) is 11.3 Å². The molecule has 0 unspecified atom stereocenters. The number of pyridine rings is 1. The van der Waals surface area contributed by atoms with Crippen molar-refractivity contribution in [2.24, 2.45) is 0 Å². The van der Waals surface area contributed by atoms with Gasteiger partial charge in [0.1, 0.15) is 5.75 Å². The molecule has 0 spiro atoms. The summed E-state index contributed by atoms with van der Waals surface area (Å²) in [6, 6.07) is 2.86. The molecule has 8 heteroatoms. The first-order chi connectivity index (χ1) is 8.41. The molecule has 0 aliphatic carbocycles. The Bertz CT molecular complexity index is 471. The van der Waals surface area contributed by atoms with Crippen LogP contribution in [-0.4, -0.2) is 18.5 Å². The first-order valence-corrected chi connectivity index (χ1v) is 5.79. The van der Waals surface area contributed by atoms with Crippen molar-refractivity contribution in [1.29, 1.82) is 5.26 Å². The highest BCUT2D eigenvalue weighted by Crippen LogP contribution is 2.32. The Morgan fingerprint density at radius 2 is 2.17 bits per heavy atom. The number of rotatable bonds is 4. The standard InChI is InChI=1S/C10H8BrF3N2O2/c1-17-9-4-8(18-10(12,13)14)6(5-11)7(16-9)2-3-15/h4H,2,5H2,1H3. The lowest BCUT2D eigenvalue weighted by atomic mass is 10.1. The van der Waals surface area contributed by atoms with E-state index in [-0.39, 0.29) is 28.9 Å². The van der Waals surface area contributed by atoms with Crippen LogP contribution in [0.15, 0.2) is 6.07 Å². The number of nitriles is 1. The van der Waals surface area contributed by atoms with E-state index >= 15 is 0 Å². The minimum Gasteiger partial charge on any atom is -0.481 e. The third-order valence-corrected chi connectivity index (χ3v) is 2.52. The van der Waals surface area contributed by atoms with Crippen LogP contribution in [-0.2, 0) is 11.8 Å². The van der Waals surface area contributed by atoms with E-state index in [1.165, 1.54) is 7.11 Å². The maximum absolute atomic E-state index is 12.2. The molecule has 0 fully saturated rings. The molecule has 0 aliphatic rings. The van der Waals surface area contributed by atoms with Gasteiger partial charge < -0.3 is 9.47 Å². The molecule has 1 heterocycles. The minimum atomic E-state index is -4.81. The lowest BCUT2D eigenvalue weighted by Gasteiger charge is -2.15. The molecule has 0 aromatic carbocycles. The van der Waals surface area contributed by atoms with Crippen LogP contribution < -0.4 is 9.47 Å². The summed E-state index contributed by atoms with van der Waals surface area (Å²) < 4.78 is 45.4. The summed E-state index contributed by atoms with van der Waals surface area (Å²) >= 11 is 3.05. The normalized spacial score (nSPS) is 10.9. The molecule has 1 aromatic heterocycles. The second kappa shape index (κ2) is 5.91. The molecule has 0 amide bonds. The fourth-order valence-corrected chi connectivity index (χ4v) is 1.86. The smallest absolute Gasteiger partial charge is 0.481 e. The summed E-state index contributed by atoms with van der Waals surface area (Å²) in [6.07, 6.45) is -4.94. The SMILES string of the molecule is COc1cc(OC(F)(F)F)c(CBr)c(CC#N)n1. The summed E-state index contributed by atoms with van der Waals surface area (Å²) in [5.41, 5.74) is 0.364. The van der Waals surface area contributed by atoms with E-state index in [1.54, 1.807) is 0 Å². The van der Waals surface area contributed by atoms with Crippen LogP contribution >= 0.6 is 15.9 Å². The van der Waals surface area contributed by atoms with Gasteiger partial charge >= 0.3 is 6.36 Å². The van der Waals surface area contributed by atoms with Crippen LogP contribution in [0.5, 0.6) is 11.6 Å². The lowest BCUT2D eigenvalue weighted by Crippen LogP contribution is -2.19. The number of halogens is 4. The van der Waals surface area contributed by atoms with Crippen molar-refractivity contribution in [3.63, 3.8) is 0 Å². The second-order valence-electron chi connectivity index (χ2n) is 3.10. The molecule has 0 bridgehead atoms. The van der Waals surface area contributed by atoms with Gasteiger partial charge in [-0.25, -0.2) is 4.98 Å². The zero-order valence-corrected chi connectivity index (χ0v) is 10.8. The van der Waals surface area contributed by atoms with Crippen molar-refractivity contribution in [3.05, 3.63) is 17.3 Å². The Labute approximate surface area is 109 Å². The van der Waals surface area contributed by atoms with E-state index in [0.29, 0.717) is 0 Å². The van der Waals surface area contributed by atoms with Gasteiger partial charge in [-0.1, -0.05) is 15.9 Å². The predicted molar refractivity (Wildman–Crippen MR) is 59.4 cm³/mol. The Balaban J connectivity index is 3.29. The molecule has 18 heavy (non-hydrogen) atoms. The van der Waals surface area contributed by atoms with Gasteiger partial charge in [-0.15, -0.1) is 13.2 Å². The Hall–Kier alpha value is -1.49. The third-order valence-electron chi connectivity index (χ3n) is 1.96. The minimum absolute atomic E-state index is 0.0378. The number of ether oxygens (including phenoxy) is 2. The molecule has 0 N–H and O–H groups in total. The maximum Gasteiger partial charge on any atom is 0.573 e. The van der Waals surface area contributed by atoms with Crippen LogP contribution in [0.25, 0.3) is 0 Å². The average Bonchev–Trinajstić information content (AvgIpc) is 2.27. The zero-order chi connectivity index (χ0) is 13.8. The summed E-state index contributed by atoms with van der Waals surface area (Å²) in [4.78, 5) is 3.92. The molecule has 0 atom stereocenters. The van der Waals surface area contributed by atoms with Gasteiger partial charge in [0.15, 0.2) is 0 Å². The van der Waals surface area contributed by atoms with Gasteiger partial charge in [-0.2, -0.15) is 5.26 Å². The lowest BCUT2D eigenvalue weighted by molar-refractivity contribution is -0.274. The number of nitrogens with zero attached hydrogens (tertiary/aromatic N) is 2. The Morgan fingerprint density at radius 1 is 1.50 bits per heavy atom. The molecule has 0 saturated carbocycles. The van der Waals surface area contributed by atoms with E-state index in [0.717, 1.165) is 6.07 Å². The van der Waals surface area contributed by atoms with Crippen LogP contribution in [0.3, 0.4) is 0 Å². The van der Waals surface area contributed by atoms with E-state index in [4.69, 9.17) is 10.00 Å². The molecule has 1 rings (SSSR count). The van der Waals surface area contributed by atoms with Gasteiger partial charge in [-0.3, -0.25) is 0 Å². The van der Waals surface area contributed by atoms with Crippen molar-refractivity contribution < 1.29 is 22.6 Å². The molecule has 0 aliphatic heterocycles. The van der Waals surface area contributed by atoms with E-state index < -0.39 is 12.1 Å². The molecule has 1 aromatic rings. The summed E-state index contributed by atoms with van der Waals surface area (Å²) in [5, 5.41) is 8.71. The van der Waals surface area contributed by atoms with Crippen molar-refractivity contribution in [2.75, 3.05) is 7.11 Å². The number of alkyl halides is 4. The highest BCUT2D eigenvalue weighted by molar-refractivity contribution is 9.08. The van der Waals surface area contributed by atoms with Crippen molar-refractivity contribution >= 4 is 15.9 Å². The molecular formula is C10H8BrF3N2O2. The van der Waals surface area contributed by atoms with Gasteiger partial charge in [0.2, 0.25) is 5.88 Å². The summed E-state index contributed by atoms with van der Waals surface area (Å²) in [7, 11) is 1.27. The monoisotopic (exact) mass is 324 g/mol. The van der Waals surface area contributed by atoms with Gasteiger partial charge in [0.25, 0.3) is 0 Å². The zero-order valence-electron chi connectivity index (χ0n) is 9.21. The first kappa shape index (κ1) is 14.6. The third kappa shape index (κ3) is 3.77. The van der Waals surface area contributed by atoms with Crippen LogP contribution in [0, 0.1) is 11.3 Å². The number of hydrogen-bond acceptors (Lipinski definition) is 4. The fraction of sp³-hybridized carbons (Fsp3) is 0.400. The molecule has 98 valence electrons. The number of hydrogen-bond donors (Lipinski definition) is 0. The van der Waals surface area contributed by atoms with E-state index in [1.807, 2.05) is 6.07 Å². The molecule has 0 saturated heterocycles. The highest BCUT2D eigenvalue weighted by Gasteiger charge is 2.33. The number of aromatic nitrogens is 1. The largest absolute Gasteiger partial charge is 0.573 e. The van der Waals surface area contributed by atoms with Crippen molar-refractivity contribution in [2.45, 2.75) is 18.1 Å². The summed E-state index contributed by atoms with van der Waals surface area (Å²) in [5.74, 6) is -0.458. The Kier molecular flexibility index (Phi) is 4.78. The van der Waals surface area contributed by atoms with Crippen molar-refractivity contribution in [3.8, 4) is 17.7 Å². The van der Waals surface area contributed by atoms with E-state index in [9.17, 15) is 13.2 Å². The first-order valence-electron chi connectivity index (χ1n) is 4.66. The molecule has 4 nitrogen and oxygen atoms in total. The summed E-state index contributed by atoms with van der Waals surface area (Å²) in [6.45, 7) is 0. The maximum atomic E-state index is 12.2. The van der Waals surface area contributed by atoms with E-state index in [2.05, 4.69) is 25.7 Å². The molecule has 0 radical (unpaired) electrons. The number of methoxy groups -OCH3 is 1. The van der Waals surface area contributed by atoms with Crippen LogP contribution in [0.4, 0.5) is 13.2 Å². The Morgan fingerprint density at radius 3 is 2.61 bits per heavy atom. The van der Waals surface area contributed by atoms with Crippen LogP contribution in [0.2, 0.25) is 0 Å².